The van der Waals surface area contributed by atoms with Gasteiger partial charge < -0.3 is 4.90 Å². The highest BCUT2D eigenvalue weighted by atomic mass is 16.2. The molecule has 10 heteroatoms. The molecule has 2 aliphatic rings. The topological polar surface area (TPSA) is 111 Å². The van der Waals surface area contributed by atoms with E-state index in [0.29, 0.717) is 31.7 Å². The molecule has 168 valence electrons. The summed E-state index contributed by atoms with van der Waals surface area (Å²) in [6, 6.07) is -0.532. The molecule has 31 heavy (non-hydrogen) atoms. The monoisotopic (exact) mass is 430 g/mol. The van der Waals surface area contributed by atoms with Gasteiger partial charge in [-0.15, -0.1) is 0 Å². The number of imidazole rings is 1. The number of hydrogen-bond donors (Lipinski definition) is 1. The summed E-state index contributed by atoms with van der Waals surface area (Å²) in [4.78, 5) is 56.2. The molecule has 0 aromatic carbocycles. The summed E-state index contributed by atoms with van der Waals surface area (Å²) in [5.41, 5.74) is -1.50. The van der Waals surface area contributed by atoms with Crippen LogP contribution in [0.2, 0.25) is 0 Å². The Hall–Kier alpha value is -2.91. The zero-order valence-electron chi connectivity index (χ0n) is 18.3. The molecule has 1 saturated carbocycles. The smallest absolute Gasteiger partial charge is 0.310 e. The summed E-state index contributed by atoms with van der Waals surface area (Å²) >= 11 is 0. The number of rotatable bonds is 6. The summed E-state index contributed by atoms with van der Waals surface area (Å²) in [5.74, 6) is 0.335. The van der Waals surface area contributed by atoms with E-state index in [-0.39, 0.29) is 35.3 Å². The first-order valence-electron chi connectivity index (χ1n) is 11.1. The molecule has 1 saturated heterocycles. The van der Waals surface area contributed by atoms with Gasteiger partial charge in [-0.25, -0.2) is 28.3 Å². The van der Waals surface area contributed by atoms with Crippen molar-refractivity contribution >= 4 is 17.7 Å². The van der Waals surface area contributed by atoms with E-state index in [1.165, 1.54) is 8.97 Å². The van der Waals surface area contributed by atoms with Crippen LogP contribution in [0, 0.1) is 5.92 Å². The highest BCUT2D eigenvalue weighted by Gasteiger charge is 2.46. The summed E-state index contributed by atoms with van der Waals surface area (Å²) in [6.07, 6.45) is 7.83. The van der Waals surface area contributed by atoms with Crippen LogP contribution in [0.5, 0.6) is 0 Å². The quantitative estimate of drug-likeness (QED) is 0.699. The van der Waals surface area contributed by atoms with Crippen molar-refractivity contribution in [1.29, 1.82) is 0 Å². The van der Waals surface area contributed by atoms with Crippen molar-refractivity contribution in [2.75, 3.05) is 6.54 Å². The molecule has 3 amide bonds. The molecule has 1 aliphatic heterocycles. The van der Waals surface area contributed by atoms with E-state index in [0.717, 1.165) is 25.7 Å². The molecule has 1 N–H and O–H groups in total. The average molecular weight is 431 g/mol. The fourth-order valence-electron chi connectivity index (χ4n) is 4.73. The number of unbranched alkanes of at least 4 members (excludes halogenated alkanes) is 1. The summed E-state index contributed by atoms with van der Waals surface area (Å²) in [7, 11) is 0. The van der Waals surface area contributed by atoms with Crippen molar-refractivity contribution in [3.63, 3.8) is 0 Å². The number of nitrogens with one attached hydrogen (secondary N) is 1. The number of hydrogen-bond acceptors (Lipinski definition) is 5. The normalized spacial score (nSPS) is 23.5. The number of imide groups is 1. The van der Waals surface area contributed by atoms with Gasteiger partial charge in [-0.1, -0.05) is 13.3 Å². The lowest BCUT2D eigenvalue weighted by Crippen LogP contribution is -2.48. The standard InChI is InChI=1S/C21H30N6O4/c1-4-5-11-24-17-22-10-12-25(17)20(31)27(19(24)30)15-8-6-14(7-9-15)13-26-18(29)23-16(28)21(26,2)3/h10,12,14-15H,4-9,11,13H2,1-3H3,(H,23,28,29). The third-order valence-corrected chi connectivity index (χ3v) is 6.77. The van der Waals surface area contributed by atoms with Crippen molar-refractivity contribution < 1.29 is 9.59 Å². The Labute approximate surface area is 179 Å². The van der Waals surface area contributed by atoms with Crippen LogP contribution in [0.15, 0.2) is 22.0 Å². The number of amides is 3. The summed E-state index contributed by atoms with van der Waals surface area (Å²) in [6.45, 7) is 6.57. The number of aryl methyl sites for hydroxylation is 1. The van der Waals surface area contributed by atoms with Gasteiger partial charge in [-0.05, 0) is 51.9 Å². The van der Waals surface area contributed by atoms with Crippen LogP contribution in [-0.4, -0.2) is 47.4 Å². The lowest BCUT2D eigenvalue weighted by Gasteiger charge is -2.35. The van der Waals surface area contributed by atoms with Gasteiger partial charge in [0, 0.05) is 31.5 Å². The average Bonchev–Trinajstić information content (AvgIpc) is 3.29. The Balaban J connectivity index is 1.54. The zero-order valence-corrected chi connectivity index (χ0v) is 18.3. The second kappa shape index (κ2) is 7.97. The zero-order chi connectivity index (χ0) is 22.3. The SMILES string of the molecule is CCCCn1c(=O)n(C2CCC(CN3C(=O)NC(=O)C3(C)C)CC2)c(=O)n2ccnc12. The van der Waals surface area contributed by atoms with Crippen molar-refractivity contribution in [1.82, 2.24) is 28.7 Å². The minimum Gasteiger partial charge on any atom is -0.310 e. The molecule has 0 bridgehead atoms. The van der Waals surface area contributed by atoms with E-state index >= 15 is 0 Å². The highest BCUT2D eigenvalue weighted by molar-refractivity contribution is 6.06. The third-order valence-electron chi connectivity index (χ3n) is 6.77. The predicted octanol–water partition coefficient (Wildman–Crippen LogP) is 1.52. The van der Waals surface area contributed by atoms with Crippen LogP contribution in [0.1, 0.15) is 65.3 Å². The van der Waals surface area contributed by atoms with Crippen LogP contribution in [0.3, 0.4) is 0 Å². The third kappa shape index (κ3) is 3.57. The van der Waals surface area contributed by atoms with Crippen LogP contribution >= 0.6 is 0 Å². The molecular weight excluding hydrogens is 400 g/mol. The first kappa shape index (κ1) is 21.3. The Morgan fingerprint density at radius 2 is 1.81 bits per heavy atom. The van der Waals surface area contributed by atoms with E-state index in [1.807, 2.05) is 0 Å². The van der Waals surface area contributed by atoms with E-state index < -0.39 is 5.54 Å². The summed E-state index contributed by atoms with van der Waals surface area (Å²) in [5, 5.41) is 2.38. The fraction of sp³-hybridized carbons (Fsp3) is 0.667. The number of aromatic nitrogens is 4. The van der Waals surface area contributed by atoms with Gasteiger partial charge in [-0.2, -0.15) is 0 Å². The fourth-order valence-corrected chi connectivity index (χ4v) is 4.73. The Morgan fingerprint density at radius 3 is 2.42 bits per heavy atom. The molecule has 0 unspecified atom stereocenters. The van der Waals surface area contributed by atoms with Crippen LogP contribution < -0.4 is 16.7 Å². The number of carbonyl (C=O) groups is 2. The second-order valence-corrected chi connectivity index (χ2v) is 9.14. The predicted molar refractivity (Wildman–Crippen MR) is 114 cm³/mol. The summed E-state index contributed by atoms with van der Waals surface area (Å²) < 4.78 is 4.43. The second-order valence-electron chi connectivity index (χ2n) is 9.14. The van der Waals surface area contributed by atoms with Gasteiger partial charge in [0.1, 0.15) is 5.54 Å². The van der Waals surface area contributed by atoms with Gasteiger partial charge in [0.2, 0.25) is 5.78 Å². The molecule has 2 fully saturated rings. The van der Waals surface area contributed by atoms with E-state index in [1.54, 1.807) is 35.7 Å². The van der Waals surface area contributed by atoms with Crippen molar-refractivity contribution in [2.24, 2.45) is 5.92 Å². The molecule has 3 heterocycles. The number of nitrogens with zero attached hydrogens (tertiary/aromatic N) is 5. The van der Waals surface area contributed by atoms with Gasteiger partial charge >= 0.3 is 17.4 Å². The van der Waals surface area contributed by atoms with E-state index in [4.69, 9.17) is 0 Å². The van der Waals surface area contributed by atoms with Gasteiger partial charge in [0.25, 0.3) is 5.91 Å². The molecule has 2 aromatic heterocycles. The van der Waals surface area contributed by atoms with E-state index in [2.05, 4.69) is 17.2 Å². The van der Waals surface area contributed by atoms with E-state index in [9.17, 15) is 19.2 Å². The van der Waals surface area contributed by atoms with Crippen LogP contribution in [-0.2, 0) is 11.3 Å². The Bertz CT molecular complexity index is 1120. The molecule has 0 radical (unpaired) electrons. The largest absolute Gasteiger partial charge is 0.339 e. The number of urea groups is 1. The van der Waals surface area contributed by atoms with Crippen molar-refractivity contribution in [2.45, 2.75) is 77.4 Å². The molecule has 1 aliphatic carbocycles. The lowest BCUT2D eigenvalue weighted by molar-refractivity contribution is -0.125. The molecule has 4 rings (SSSR count). The maximum absolute atomic E-state index is 13.2. The number of fused-ring (bicyclic) bond motifs is 1. The van der Waals surface area contributed by atoms with Crippen molar-refractivity contribution in [3.05, 3.63) is 33.4 Å². The maximum atomic E-state index is 13.2. The molecular formula is C21H30N6O4. The molecule has 0 spiro atoms. The Kier molecular flexibility index (Phi) is 5.49. The first-order chi connectivity index (χ1) is 14.8. The minimum atomic E-state index is -0.857. The molecule has 2 aromatic rings. The first-order valence-corrected chi connectivity index (χ1v) is 11.1. The van der Waals surface area contributed by atoms with Gasteiger partial charge in [-0.3, -0.25) is 14.7 Å². The minimum absolute atomic E-state index is 0.182. The molecule has 0 atom stereocenters. The van der Waals surface area contributed by atoms with Gasteiger partial charge in [0.05, 0.1) is 0 Å². The van der Waals surface area contributed by atoms with Crippen LogP contribution in [0.25, 0.3) is 5.78 Å². The van der Waals surface area contributed by atoms with Gasteiger partial charge in [0.15, 0.2) is 0 Å². The van der Waals surface area contributed by atoms with Crippen molar-refractivity contribution in [3.8, 4) is 0 Å². The lowest BCUT2D eigenvalue weighted by atomic mass is 9.85. The Morgan fingerprint density at radius 1 is 1.10 bits per heavy atom. The highest BCUT2D eigenvalue weighted by Crippen LogP contribution is 2.33. The number of carbonyl (C=O) groups excluding carboxylic acids is 2. The van der Waals surface area contributed by atoms with Crippen LogP contribution in [0.4, 0.5) is 4.79 Å². The molecule has 10 nitrogen and oxygen atoms in total. The maximum Gasteiger partial charge on any atom is 0.339 e.